The van der Waals surface area contributed by atoms with E-state index >= 15 is 0 Å². The molecule has 1 aliphatic rings. The fourth-order valence-corrected chi connectivity index (χ4v) is 13.8. The summed E-state index contributed by atoms with van der Waals surface area (Å²) in [7, 11) is 0. The minimum absolute atomic E-state index is 0.0294. The molecule has 77 heavy (non-hydrogen) atoms. The van der Waals surface area contributed by atoms with Crippen molar-refractivity contribution in [3.8, 4) is 33.4 Å². The summed E-state index contributed by atoms with van der Waals surface area (Å²) in [6, 6.07) is 84.0. The van der Waals surface area contributed by atoms with Crippen molar-refractivity contribution in [3.63, 3.8) is 0 Å². The van der Waals surface area contributed by atoms with E-state index in [4.69, 9.17) is 0 Å². The van der Waals surface area contributed by atoms with Crippen molar-refractivity contribution in [3.05, 3.63) is 247 Å². The fourth-order valence-electron chi connectivity index (χ4n) is 12.6. The van der Waals surface area contributed by atoms with Gasteiger partial charge in [0.05, 0.1) is 11.2 Å². The van der Waals surface area contributed by atoms with Crippen LogP contribution in [0.2, 0.25) is 0 Å². The van der Waals surface area contributed by atoms with Crippen molar-refractivity contribution in [2.24, 2.45) is 0 Å². The van der Waals surface area contributed by atoms with Gasteiger partial charge >= 0.3 is 0 Å². The first kappa shape index (κ1) is 47.0. The number of fused-ring (bicyclic) bond motifs is 11. The molecule has 4 heteroatoms. The lowest BCUT2D eigenvalue weighted by atomic mass is 9.85. The third-order valence-electron chi connectivity index (χ3n) is 16.6. The molecule has 0 bridgehead atoms. The molecule has 374 valence electrons. The first-order valence-corrected chi connectivity index (χ1v) is 28.0. The molecule has 14 rings (SSSR count). The van der Waals surface area contributed by atoms with E-state index in [1.165, 1.54) is 109 Å². The molecule has 13 aromatic rings. The van der Waals surface area contributed by atoms with E-state index in [2.05, 4.69) is 294 Å². The molecule has 0 amide bonds. The molecule has 0 radical (unpaired) electrons. The Balaban J connectivity index is 0.981. The van der Waals surface area contributed by atoms with Crippen LogP contribution in [0.25, 0.3) is 80.7 Å². The third-order valence-corrected chi connectivity index (χ3v) is 17.7. The lowest BCUT2D eigenvalue weighted by molar-refractivity contribution is 0.590. The number of aromatic nitrogens is 1. The molecule has 3 nitrogen and oxygen atoms in total. The van der Waals surface area contributed by atoms with Gasteiger partial charge in [0.2, 0.25) is 0 Å². The molecule has 3 aromatic heterocycles. The van der Waals surface area contributed by atoms with Crippen LogP contribution >= 0.6 is 11.3 Å². The number of hydrogen-bond acceptors (Lipinski definition) is 3. The first-order chi connectivity index (χ1) is 37.2. The van der Waals surface area contributed by atoms with Gasteiger partial charge in [-0.25, -0.2) is 0 Å². The van der Waals surface area contributed by atoms with E-state index in [0.717, 1.165) is 28.4 Å². The maximum absolute atomic E-state index is 2.68. The summed E-state index contributed by atoms with van der Waals surface area (Å²) in [5.41, 5.74) is 20.8. The average Bonchev–Trinajstić information content (AvgIpc) is 4.27. The zero-order chi connectivity index (χ0) is 52.5. The van der Waals surface area contributed by atoms with Crippen LogP contribution < -0.4 is 9.80 Å². The van der Waals surface area contributed by atoms with Gasteiger partial charge in [0.15, 0.2) is 0 Å². The van der Waals surface area contributed by atoms with Crippen LogP contribution in [0, 0.1) is 0 Å². The van der Waals surface area contributed by atoms with E-state index in [1.54, 1.807) is 0 Å². The number of nitrogens with zero attached hydrogens (tertiary/aromatic N) is 3. The predicted octanol–water partition coefficient (Wildman–Crippen LogP) is 21.2. The molecule has 0 aliphatic heterocycles. The number of rotatable bonds is 8. The first-order valence-electron chi connectivity index (χ1n) is 27.2. The summed E-state index contributed by atoms with van der Waals surface area (Å²) in [6.07, 6.45) is 0. The van der Waals surface area contributed by atoms with Crippen LogP contribution in [0.1, 0.15) is 77.8 Å². The van der Waals surface area contributed by atoms with E-state index < -0.39 is 0 Å². The van der Waals surface area contributed by atoms with Gasteiger partial charge in [-0.15, -0.1) is 11.3 Å². The minimum atomic E-state index is -0.249. The Hall–Kier alpha value is -8.44. The monoisotopic (exact) mass is 1010 g/mol. The van der Waals surface area contributed by atoms with Gasteiger partial charge in [-0.05, 0) is 145 Å². The third kappa shape index (κ3) is 7.52. The Labute approximate surface area is 456 Å². The second-order valence-corrected chi connectivity index (χ2v) is 24.9. The molecule has 10 aromatic carbocycles. The van der Waals surface area contributed by atoms with Gasteiger partial charge in [-0.2, -0.15) is 0 Å². The molecule has 1 aliphatic carbocycles. The number of thiophene rings is 1. The van der Waals surface area contributed by atoms with Crippen molar-refractivity contribution in [2.75, 3.05) is 9.80 Å². The molecular formula is C73H61N3S. The highest BCUT2D eigenvalue weighted by Gasteiger charge is 2.43. The normalized spacial score (nSPS) is 13.3. The fraction of sp³-hybridized carbons (Fsp3) is 0.151. The van der Waals surface area contributed by atoms with E-state index in [0.29, 0.717) is 0 Å². The van der Waals surface area contributed by atoms with Crippen LogP contribution in [0.5, 0.6) is 0 Å². The lowest BCUT2D eigenvalue weighted by Gasteiger charge is -2.28. The van der Waals surface area contributed by atoms with Gasteiger partial charge in [-0.1, -0.05) is 201 Å². The smallest absolute Gasteiger partial charge is 0.109 e. The number of hydrogen-bond donors (Lipinski definition) is 0. The zero-order valence-electron chi connectivity index (χ0n) is 45.1. The van der Waals surface area contributed by atoms with Crippen LogP contribution in [-0.2, 0) is 16.2 Å². The minimum Gasteiger partial charge on any atom is -0.310 e. The Morgan fingerprint density at radius 2 is 0.909 bits per heavy atom. The Bertz CT molecular complexity index is 4380. The highest BCUT2D eigenvalue weighted by Crippen LogP contribution is 2.59. The van der Waals surface area contributed by atoms with Crippen molar-refractivity contribution in [1.29, 1.82) is 0 Å². The van der Waals surface area contributed by atoms with Crippen LogP contribution in [0.15, 0.2) is 224 Å². The largest absolute Gasteiger partial charge is 0.310 e. The molecule has 0 spiro atoms. The van der Waals surface area contributed by atoms with Crippen molar-refractivity contribution >= 4 is 92.8 Å². The standard InChI is InChI=1S/C73H61N3S/c1-71(2,3)52-28-37-55(38-29-52)74(54-32-23-48(24-33-54)46-17-11-9-12-18-46)58-36-27-50-45-64-61(44-51(50)43-58)65-60-41-42-63(67-66-59-21-15-16-22-62(59)73(7,8)69(66)76(68(60)67)70(65)77-64)75(57-39-30-53(31-40-57)72(4,5)6)56-34-25-49(26-35-56)47-19-13-10-14-20-47/h9-45H,1-8H3. The highest BCUT2D eigenvalue weighted by atomic mass is 32.1. The SMILES string of the molecule is CC(C)(C)c1ccc(N(c2ccc(-c3ccccc3)cc2)c2ccc3cc4sc5c(c4cc3c2)c2ccc(N(c3ccc(-c4ccccc4)cc3)c3ccc(C(C)(C)C)cc3)c3c4c(n5c32)C(C)(C)c2ccccc2-4)cc1. The number of benzene rings is 10. The Kier molecular flexibility index (Phi) is 10.6. The van der Waals surface area contributed by atoms with Gasteiger partial charge in [0.1, 0.15) is 4.83 Å². The molecule has 0 saturated carbocycles. The van der Waals surface area contributed by atoms with Crippen molar-refractivity contribution in [2.45, 2.75) is 71.6 Å². The molecule has 0 N–H and O–H groups in total. The summed E-state index contributed by atoms with van der Waals surface area (Å²) >= 11 is 1.94. The molecule has 0 fully saturated rings. The maximum Gasteiger partial charge on any atom is 0.109 e. The van der Waals surface area contributed by atoms with E-state index in [9.17, 15) is 0 Å². The second-order valence-electron chi connectivity index (χ2n) is 23.8. The van der Waals surface area contributed by atoms with Crippen LogP contribution in [0.3, 0.4) is 0 Å². The van der Waals surface area contributed by atoms with Gasteiger partial charge in [0, 0.05) is 71.4 Å². The zero-order valence-corrected chi connectivity index (χ0v) is 45.9. The van der Waals surface area contributed by atoms with Gasteiger partial charge in [0.25, 0.3) is 0 Å². The molecule has 0 atom stereocenters. The summed E-state index contributed by atoms with van der Waals surface area (Å²) in [6.45, 7) is 18.6. The Morgan fingerprint density at radius 1 is 0.416 bits per heavy atom. The second kappa shape index (κ2) is 17.3. The summed E-state index contributed by atoms with van der Waals surface area (Å²) < 4.78 is 3.99. The predicted molar refractivity (Wildman–Crippen MR) is 332 cm³/mol. The molecule has 0 unspecified atom stereocenters. The van der Waals surface area contributed by atoms with Crippen molar-refractivity contribution in [1.82, 2.24) is 4.40 Å². The molecule has 3 heterocycles. The quantitative estimate of drug-likeness (QED) is 0.150. The average molecular weight is 1010 g/mol. The summed E-state index contributed by atoms with van der Waals surface area (Å²) in [4.78, 5) is 6.23. The highest BCUT2D eigenvalue weighted by molar-refractivity contribution is 7.25. The van der Waals surface area contributed by atoms with Crippen LogP contribution in [-0.4, -0.2) is 4.40 Å². The number of anilines is 6. The van der Waals surface area contributed by atoms with Crippen LogP contribution in [0.4, 0.5) is 34.1 Å². The molecule has 0 saturated heterocycles. The summed E-state index contributed by atoms with van der Waals surface area (Å²) in [5, 5.41) is 7.69. The van der Waals surface area contributed by atoms with Crippen molar-refractivity contribution < 1.29 is 0 Å². The Morgan fingerprint density at radius 3 is 1.47 bits per heavy atom. The summed E-state index contributed by atoms with van der Waals surface area (Å²) in [5.74, 6) is 0. The van der Waals surface area contributed by atoms with E-state index in [1.807, 2.05) is 11.3 Å². The molecular weight excluding hydrogens is 951 g/mol. The van der Waals surface area contributed by atoms with E-state index in [-0.39, 0.29) is 16.2 Å². The van der Waals surface area contributed by atoms with Gasteiger partial charge in [-0.3, -0.25) is 0 Å². The topological polar surface area (TPSA) is 10.9 Å². The van der Waals surface area contributed by atoms with Gasteiger partial charge < -0.3 is 14.2 Å². The maximum atomic E-state index is 2.68. The lowest BCUT2D eigenvalue weighted by Crippen LogP contribution is -2.17.